The van der Waals surface area contributed by atoms with Gasteiger partial charge in [0.2, 0.25) is 0 Å². The molecule has 0 aromatic carbocycles. The molecule has 0 aliphatic heterocycles. The second-order valence-corrected chi connectivity index (χ2v) is 3.01. The average Bonchev–Trinajstić information content (AvgIpc) is 1.30. The van der Waals surface area contributed by atoms with Crippen molar-refractivity contribution in [1.29, 1.82) is 0 Å². The topological polar surface area (TPSA) is 0 Å². The van der Waals surface area contributed by atoms with Crippen LogP contribution in [0.15, 0.2) is 0 Å². The summed E-state index contributed by atoms with van der Waals surface area (Å²) in [6, 6.07) is 0. The second-order valence-electron chi connectivity index (χ2n) is 3.01. The van der Waals surface area contributed by atoms with Gasteiger partial charge in [-0.05, 0) is 17.4 Å². The molecule has 0 aliphatic carbocycles. The predicted octanol–water partition coefficient (Wildman–Crippen LogP) is -3.34. The fraction of sp³-hybridized carbons (Fsp3) is 1.00. The third-order valence-corrected chi connectivity index (χ3v) is 0.894. The molecule has 0 rings (SSSR count). The third kappa shape index (κ3) is 17.7. The first-order valence-corrected chi connectivity index (χ1v) is 2.86. The Morgan fingerprint density at radius 3 is 1.44 bits per heavy atom. The van der Waals surface area contributed by atoms with E-state index in [1.54, 1.807) is 0 Å². The normalized spacial score (nSPS) is 9.33. The van der Waals surface area contributed by atoms with Crippen LogP contribution in [0.2, 0.25) is 0 Å². The van der Waals surface area contributed by atoms with Gasteiger partial charge in [-0.15, -0.1) is 0 Å². The summed E-state index contributed by atoms with van der Waals surface area (Å²) >= 11 is 0. The van der Waals surface area contributed by atoms with Crippen molar-refractivity contribution in [1.82, 2.24) is 0 Å². The highest BCUT2D eigenvalue weighted by Gasteiger charge is 2.01. The van der Waals surface area contributed by atoms with Gasteiger partial charge in [0.1, 0.15) is 0 Å². The zero-order valence-corrected chi connectivity index (χ0v) is 7.00. The maximum absolute atomic E-state index is 2.21. The summed E-state index contributed by atoms with van der Waals surface area (Å²) in [6.45, 7) is 3.49. The summed E-state index contributed by atoms with van der Waals surface area (Å²) in [5.41, 5.74) is 0. The second kappa shape index (κ2) is 6.58. The largest absolute Gasteiger partial charge is 1.00 e. The lowest BCUT2D eigenvalue weighted by Crippen LogP contribution is -3.00. The molecule has 60 valence electrons. The van der Waals surface area contributed by atoms with Crippen LogP contribution in [0.1, 0.15) is 13.3 Å². The van der Waals surface area contributed by atoms with Crippen molar-refractivity contribution in [2.45, 2.75) is 13.3 Å². The first-order chi connectivity index (χ1) is 3.06. The predicted molar refractivity (Wildman–Crippen MR) is 44.5 cm³/mol. The van der Waals surface area contributed by atoms with Crippen molar-refractivity contribution >= 4 is 11.0 Å². The molecule has 0 saturated heterocycles. The van der Waals surface area contributed by atoms with Gasteiger partial charge >= 0.3 is 0 Å². The highest BCUT2D eigenvalue weighted by Crippen LogP contribution is 1.90. The van der Waals surface area contributed by atoms with E-state index in [4.69, 9.17) is 0 Å². The Morgan fingerprint density at radius 1 is 1.11 bits per heavy atom. The molecule has 0 amide bonds. The van der Waals surface area contributed by atoms with Crippen LogP contribution in [-0.4, -0.2) is 43.1 Å². The van der Waals surface area contributed by atoms with Crippen LogP contribution in [-0.2, 0) is 0 Å². The van der Waals surface area contributed by atoms with E-state index in [0.29, 0.717) is 0 Å². The molecule has 0 atom stereocenters. The summed E-state index contributed by atoms with van der Waals surface area (Å²) in [5.74, 6) is 0. The van der Waals surface area contributed by atoms with Crippen LogP contribution >= 0.6 is 0 Å². The van der Waals surface area contributed by atoms with Crippen LogP contribution in [0.25, 0.3) is 0 Å². The van der Waals surface area contributed by atoms with E-state index in [-0.39, 0.29) is 23.4 Å². The quantitative estimate of drug-likeness (QED) is 0.300. The summed E-state index contributed by atoms with van der Waals surface area (Å²) in [4.78, 5) is 0. The molecular formula is C6H20ClNSi. The van der Waals surface area contributed by atoms with Crippen LogP contribution in [0, 0.1) is 0 Å². The van der Waals surface area contributed by atoms with Gasteiger partial charge in [0.05, 0.1) is 27.7 Å². The fourth-order valence-corrected chi connectivity index (χ4v) is 0.671. The molecule has 1 nitrogen and oxygen atoms in total. The first-order valence-electron chi connectivity index (χ1n) is 2.86. The SMILES string of the molecule is CCC[N+](C)(C)C.[Cl-].[SiH4]. The van der Waals surface area contributed by atoms with Crippen LogP contribution in [0.4, 0.5) is 0 Å². The molecule has 3 heteroatoms. The highest BCUT2D eigenvalue weighted by molar-refractivity contribution is 5.75. The van der Waals surface area contributed by atoms with Gasteiger partial charge in [-0.1, -0.05) is 6.92 Å². The van der Waals surface area contributed by atoms with E-state index in [9.17, 15) is 0 Å². The number of rotatable bonds is 2. The van der Waals surface area contributed by atoms with Gasteiger partial charge in [0.15, 0.2) is 0 Å². The Bertz CT molecular complexity index is 51.5. The van der Waals surface area contributed by atoms with Crippen molar-refractivity contribution in [2.75, 3.05) is 27.7 Å². The summed E-state index contributed by atoms with van der Waals surface area (Å²) in [6.07, 6.45) is 1.28. The molecule has 0 aromatic heterocycles. The Hall–Kier alpha value is 0.467. The van der Waals surface area contributed by atoms with Crippen LogP contribution < -0.4 is 12.4 Å². The van der Waals surface area contributed by atoms with E-state index in [1.807, 2.05) is 0 Å². The molecule has 0 bridgehead atoms. The average molecular weight is 170 g/mol. The summed E-state index contributed by atoms with van der Waals surface area (Å²) in [5, 5.41) is 0. The third-order valence-electron chi connectivity index (χ3n) is 0.894. The van der Waals surface area contributed by atoms with Crippen molar-refractivity contribution in [3.05, 3.63) is 0 Å². The first kappa shape index (κ1) is 16.2. The van der Waals surface area contributed by atoms with E-state index in [2.05, 4.69) is 28.1 Å². The highest BCUT2D eigenvalue weighted by atomic mass is 35.5. The maximum Gasteiger partial charge on any atom is 0.0777 e. The number of hydrogen-bond donors (Lipinski definition) is 0. The zero-order valence-electron chi connectivity index (χ0n) is 6.24. The Kier molecular flexibility index (Phi) is 11.9. The van der Waals surface area contributed by atoms with Gasteiger partial charge in [-0.3, -0.25) is 0 Å². The standard InChI is InChI=1S/C6H16N.ClH.H4Si/c1-5-6-7(2,3)4;;/h5-6H2,1-4H3;1H;1H4/q+1;;/p-1. The van der Waals surface area contributed by atoms with E-state index >= 15 is 0 Å². The van der Waals surface area contributed by atoms with Crippen LogP contribution in [0.3, 0.4) is 0 Å². The van der Waals surface area contributed by atoms with Crippen molar-refractivity contribution in [2.24, 2.45) is 0 Å². The zero-order chi connectivity index (χ0) is 5.91. The molecule has 0 N–H and O–H groups in total. The molecule has 0 aliphatic rings. The summed E-state index contributed by atoms with van der Waals surface area (Å²) < 4.78 is 1.09. The molecule has 0 fully saturated rings. The fourth-order valence-electron chi connectivity index (χ4n) is 0.671. The Labute approximate surface area is 69.5 Å². The van der Waals surface area contributed by atoms with E-state index in [1.165, 1.54) is 13.0 Å². The minimum absolute atomic E-state index is 0. The van der Waals surface area contributed by atoms with Gasteiger partial charge in [0, 0.05) is 0 Å². The number of quaternary nitrogens is 1. The van der Waals surface area contributed by atoms with Crippen LogP contribution in [0.5, 0.6) is 0 Å². The maximum atomic E-state index is 2.21. The van der Waals surface area contributed by atoms with Gasteiger partial charge in [-0.2, -0.15) is 0 Å². The number of hydrogen-bond acceptors (Lipinski definition) is 0. The lowest BCUT2D eigenvalue weighted by Gasteiger charge is -2.22. The molecule has 0 spiro atoms. The van der Waals surface area contributed by atoms with Crippen molar-refractivity contribution < 1.29 is 16.9 Å². The lowest BCUT2D eigenvalue weighted by atomic mass is 10.4. The Morgan fingerprint density at radius 2 is 1.44 bits per heavy atom. The van der Waals surface area contributed by atoms with Crippen molar-refractivity contribution in [3.63, 3.8) is 0 Å². The number of nitrogens with zero attached hydrogens (tertiary/aromatic N) is 1. The molecule has 0 heterocycles. The minimum Gasteiger partial charge on any atom is -1.00 e. The smallest absolute Gasteiger partial charge is 0.0777 e. The minimum atomic E-state index is 0. The van der Waals surface area contributed by atoms with Gasteiger partial charge < -0.3 is 16.9 Å². The molecule has 0 aromatic rings. The van der Waals surface area contributed by atoms with E-state index < -0.39 is 0 Å². The Balaban J connectivity index is -0.000000180. The molecule has 0 saturated carbocycles. The summed E-state index contributed by atoms with van der Waals surface area (Å²) in [7, 11) is 6.64. The lowest BCUT2D eigenvalue weighted by molar-refractivity contribution is -0.870. The molecule has 0 radical (unpaired) electrons. The number of halogens is 1. The van der Waals surface area contributed by atoms with E-state index in [0.717, 1.165) is 4.48 Å². The molecular weight excluding hydrogens is 150 g/mol. The van der Waals surface area contributed by atoms with Crippen molar-refractivity contribution in [3.8, 4) is 0 Å². The molecule has 9 heavy (non-hydrogen) atoms. The van der Waals surface area contributed by atoms with Gasteiger partial charge in [0.25, 0.3) is 0 Å². The molecule has 0 unspecified atom stereocenters. The monoisotopic (exact) mass is 169 g/mol. The van der Waals surface area contributed by atoms with Gasteiger partial charge in [-0.25, -0.2) is 0 Å².